The molecule has 0 saturated carbocycles. The number of ether oxygens (including phenoxy) is 1. The molecule has 4 heteroatoms. The van der Waals surface area contributed by atoms with Gasteiger partial charge < -0.3 is 10.1 Å². The van der Waals surface area contributed by atoms with Gasteiger partial charge in [-0.25, -0.2) is 0 Å². The first-order valence-corrected chi connectivity index (χ1v) is 5.38. The third kappa shape index (κ3) is 3.91. The highest BCUT2D eigenvalue weighted by atomic mass is 16.5. The lowest BCUT2D eigenvalue weighted by Crippen LogP contribution is -2.27. The second-order valence-electron chi connectivity index (χ2n) is 4.15. The molecule has 0 bridgehead atoms. The Kier molecular flexibility index (Phi) is 4.62. The molecule has 1 unspecified atom stereocenters. The second-order valence-corrected chi connectivity index (χ2v) is 4.15. The van der Waals surface area contributed by atoms with Crippen LogP contribution in [0.2, 0.25) is 0 Å². The number of nitrogens with one attached hydrogen (secondary N) is 1. The molecule has 1 atom stereocenters. The Hall–Kier alpha value is -1.03. The Balaban J connectivity index is 2.50. The predicted octanol–water partition coefficient (Wildman–Crippen LogP) is 1.89. The standard InChI is InChI=1S/C11H21N3O/c1-9(2)10(6-8-15-4)12-11-5-7-14(3)13-11/h5,7,9-10H,6,8H2,1-4H3,(H,12,13). The zero-order valence-electron chi connectivity index (χ0n) is 10.0. The average Bonchev–Trinajstić information content (AvgIpc) is 2.58. The molecule has 0 aromatic carbocycles. The topological polar surface area (TPSA) is 39.1 Å². The van der Waals surface area contributed by atoms with Crippen LogP contribution in [0, 0.1) is 5.92 Å². The molecule has 1 heterocycles. The summed E-state index contributed by atoms with van der Waals surface area (Å²) >= 11 is 0. The number of rotatable bonds is 6. The molecule has 1 N–H and O–H groups in total. The van der Waals surface area contributed by atoms with Gasteiger partial charge in [0.2, 0.25) is 0 Å². The first-order valence-electron chi connectivity index (χ1n) is 5.38. The second kappa shape index (κ2) is 5.75. The van der Waals surface area contributed by atoms with E-state index in [4.69, 9.17) is 4.74 Å². The van der Waals surface area contributed by atoms with E-state index in [2.05, 4.69) is 24.3 Å². The summed E-state index contributed by atoms with van der Waals surface area (Å²) in [4.78, 5) is 0. The molecule has 0 amide bonds. The van der Waals surface area contributed by atoms with Gasteiger partial charge in [0, 0.05) is 39.1 Å². The number of aromatic nitrogens is 2. The molecule has 0 radical (unpaired) electrons. The summed E-state index contributed by atoms with van der Waals surface area (Å²) in [5.74, 6) is 1.51. The van der Waals surface area contributed by atoms with E-state index in [-0.39, 0.29) is 0 Å². The normalized spacial score (nSPS) is 13.1. The van der Waals surface area contributed by atoms with E-state index in [0.29, 0.717) is 12.0 Å². The molecule has 0 aliphatic rings. The van der Waals surface area contributed by atoms with E-state index in [1.165, 1.54) is 0 Å². The van der Waals surface area contributed by atoms with Gasteiger partial charge in [0.1, 0.15) is 5.82 Å². The number of methoxy groups -OCH3 is 1. The van der Waals surface area contributed by atoms with Gasteiger partial charge in [-0.05, 0) is 12.3 Å². The predicted molar refractivity (Wildman–Crippen MR) is 61.9 cm³/mol. The lowest BCUT2D eigenvalue weighted by Gasteiger charge is -2.21. The highest BCUT2D eigenvalue weighted by Crippen LogP contribution is 2.13. The maximum atomic E-state index is 5.10. The zero-order chi connectivity index (χ0) is 11.3. The van der Waals surface area contributed by atoms with Crippen molar-refractivity contribution in [2.75, 3.05) is 19.0 Å². The highest BCUT2D eigenvalue weighted by molar-refractivity contribution is 5.33. The SMILES string of the molecule is COCCC(Nc1ccn(C)n1)C(C)C. The number of hydrogen-bond donors (Lipinski definition) is 1. The maximum absolute atomic E-state index is 5.10. The van der Waals surface area contributed by atoms with Crippen LogP contribution in [0.4, 0.5) is 5.82 Å². The van der Waals surface area contributed by atoms with Crippen LogP contribution in [0.5, 0.6) is 0 Å². The Labute approximate surface area is 91.6 Å². The number of nitrogens with zero attached hydrogens (tertiary/aromatic N) is 2. The molecule has 0 saturated heterocycles. The van der Waals surface area contributed by atoms with E-state index >= 15 is 0 Å². The van der Waals surface area contributed by atoms with E-state index in [1.807, 2.05) is 19.3 Å². The summed E-state index contributed by atoms with van der Waals surface area (Å²) in [6, 6.07) is 2.40. The minimum Gasteiger partial charge on any atom is -0.385 e. The third-order valence-electron chi connectivity index (χ3n) is 2.48. The molecule has 1 aromatic rings. The van der Waals surface area contributed by atoms with Gasteiger partial charge in [0.25, 0.3) is 0 Å². The van der Waals surface area contributed by atoms with Crippen molar-refractivity contribution in [1.82, 2.24) is 9.78 Å². The summed E-state index contributed by atoms with van der Waals surface area (Å²) in [6.07, 6.45) is 2.95. The minimum absolute atomic E-state index is 0.417. The molecular weight excluding hydrogens is 190 g/mol. The molecule has 0 fully saturated rings. The first-order chi connectivity index (χ1) is 7.13. The van der Waals surface area contributed by atoms with E-state index < -0.39 is 0 Å². The van der Waals surface area contributed by atoms with Gasteiger partial charge in [-0.15, -0.1) is 0 Å². The number of anilines is 1. The van der Waals surface area contributed by atoms with Gasteiger partial charge in [0.05, 0.1) is 0 Å². The maximum Gasteiger partial charge on any atom is 0.148 e. The van der Waals surface area contributed by atoms with Gasteiger partial charge in [0.15, 0.2) is 0 Å². The monoisotopic (exact) mass is 211 g/mol. The van der Waals surface area contributed by atoms with Crippen LogP contribution in [-0.4, -0.2) is 29.5 Å². The Bertz CT molecular complexity index is 283. The van der Waals surface area contributed by atoms with Crippen LogP contribution in [0.3, 0.4) is 0 Å². The van der Waals surface area contributed by atoms with E-state index in [9.17, 15) is 0 Å². The average molecular weight is 211 g/mol. The van der Waals surface area contributed by atoms with Crippen LogP contribution in [0.15, 0.2) is 12.3 Å². The molecule has 0 spiro atoms. The molecule has 15 heavy (non-hydrogen) atoms. The van der Waals surface area contributed by atoms with Crippen LogP contribution in [0.1, 0.15) is 20.3 Å². The molecule has 4 nitrogen and oxygen atoms in total. The van der Waals surface area contributed by atoms with Crippen molar-refractivity contribution in [3.8, 4) is 0 Å². The van der Waals surface area contributed by atoms with Crippen LogP contribution in [-0.2, 0) is 11.8 Å². The largest absolute Gasteiger partial charge is 0.385 e. The first kappa shape index (κ1) is 12.0. The van der Waals surface area contributed by atoms with E-state index in [1.54, 1.807) is 11.8 Å². The quantitative estimate of drug-likeness (QED) is 0.781. The van der Waals surface area contributed by atoms with E-state index in [0.717, 1.165) is 18.8 Å². The smallest absolute Gasteiger partial charge is 0.148 e. The molecule has 0 aliphatic heterocycles. The Morgan fingerprint density at radius 1 is 1.53 bits per heavy atom. The number of aryl methyl sites for hydroxylation is 1. The van der Waals surface area contributed by atoms with Crippen LogP contribution < -0.4 is 5.32 Å². The van der Waals surface area contributed by atoms with Crippen molar-refractivity contribution in [3.05, 3.63) is 12.3 Å². The highest BCUT2D eigenvalue weighted by Gasteiger charge is 2.13. The van der Waals surface area contributed by atoms with Crippen molar-refractivity contribution in [2.24, 2.45) is 13.0 Å². The van der Waals surface area contributed by atoms with Gasteiger partial charge in [-0.1, -0.05) is 13.8 Å². The Morgan fingerprint density at radius 3 is 2.73 bits per heavy atom. The summed E-state index contributed by atoms with van der Waals surface area (Å²) < 4.78 is 6.90. The summed E-state index contributed by atoms with van der Waals surface area (Å²) in [5.41, 5.74) is 0. The van der Waals surface area contributed by atoms with Crippen molar-refractivity contribution < 1.29 is 4.74 Å². The molecular formula is C11H21N3O. The van der Waals surface area contributed by atoms with Crippen molar-refractivity contribution >= 4 is 5.82 Å². The lowest BCUT2D eigenvalue weighted by atomic mass is 10.0. The lowest BCUT2D eigenvalue weighted by molar-refractivity contribution is 0.184. The number of hydrogen-bond acceptors (Lipinski definition) is 3. The van der Waals surface area contributed by atoms with Gasteiger partial charge >= 0.3 is 0 Å². The van der Waals surface area contributed by atoms with Crippen molar-refractivity contribution in [3.63, 3.8) is 0 Å². The van der Waals surface area contributed by atoms with Crippen molar-refractivity contribution in [2.45, 2.75) is 26.3 Å². The van der Waals surface area contributed by atoms with Crippen molar-refractivity contribution in [1.29, 1.82) is 0 Å². The third-order valence-corrected chi connectivity index (χ3v) is 2.48. The minimum atomic E-state index is 0.417. The van der Waals surface area contributed by atoms with Gasteiger partial charge in [-0.2, -0.15) is 5.10 Å². The fourth-order valence-electron chi connectivity index (χ4n) is 1.50. The molecule has 1 aromatic heterocycles. The molecule has 0 aliphatic carbocycles. The summed E-state index contributed by atoms with van der Waals surface area (Å²) in [7, 11) is 3.66. The van der Waals surface area contributed by atoms with Crippen LogP contribution >= 0.6 is 0 Å². The summed E-state index contributed by atoms with van der Waals surface area (Å²) in [5, 5.41) is 7.73. The summed E-state index contributed by atoms with van der Waals surface area (Å²) in [6.45, 7) is 5.19. The van der Waals surface area contributed by atoms with Gasteiger partial charge in [-0.3, -0.25) is 4.68 Å². The zero-order valence-corrected chi connectivity index (χ0v) is 10.0. The fourth-order valence-corrected chi connectivity index (χ4v) is 1.50. The molecule has 1 rings (SSSR count). The molecule has 86 valence electrons. The fraction of sp³-hybridized carbons (Fsp3) is 0.727. The Morgan fingerprint density at radius 2 is 2.27 bits per heavy atom. The van der Waals surface area contributed by atoms with Crippen LogP contribution in [0.25, 0.3) is 0 Å².